The van der Waals surface area contributed by atoms with Gasteiger partial charge < -0.3 is 14.3 Å². The summed E-state index contributed by atoms with van der Waals surface area (Å²) in [5.74, 6) is 2.76. The standard InChI is InChI=1S/C32H55N2O3/c1-22(35)37-30-28(34(4)17-9-6-10-18-34)20-26-24-12-11-23-19-29(36)27(33-15-7-5-8-16-33)21-32(23,3)25(24)13-14-31(26,30)2/h23-30,36H,5-21H2,1-4H3/q+1. The number of fused-ring (bicyclic) bond motifs is 5. The fraction of sp³-hybridized carbons (Fsp3) is 0.969. The van der Waals surface area contributed by atoms with Crippen molar-refractivity contribution in [1.29, 1.82) is 0 Å². The summed E-state index contributed by atoms with van der Waals surface area (Å²) >= 11 is 0. The number of hydrogen-bond donors (Lipinski definition) is 1. The molecule has 2 saturated heterocycles. The molecule has 0 spiro atoms. The van der Waals surface area contributed by atoms with Crippen molar-refractivity contribution >= 4 is 5.97 Å². The Hall–Kier alpha value is -0.650. The van der Waals surface area contributed by atoms with Crippen LogP contribution >= 0.6 is 0 Å². The Kier molecular flexibility index (Phi) is 7.01. The highest BCUT2D eigenvalue weighted by molar-refractivity contribution is 5.66. The number of nitrogens with zero attached hydrogens (tertiary/aromatic N) is 2. The summed E-state index contributed by atoms with van der Waals surface area (Å²) in [5.41, 5.74) is 0.448. The molecule has 2 aliphatic heterocycles. The van der Waals surface area contributed by atoms with E-state index >= 15 is 0 Å². The Morgan fingerprint density at radius 1 is 0.919 bits per heavy atom. The van der Waals surface area contributed by atoms with Crippen LogP contribution in [0.2, 0.25) is 0 Å². The summed E-state index contributed by atoms with van der Waals surface area (Å²) in [6, 6.07) is 0.814. The van der Waals surface area contributed by atoms with Gasteiger partial charge in [0.1, 0.15) is 6.04 Å². The van der Waals surface area contributed by atoms with Crippen molar-refractivity contribution in [3.05, 3.63) is 0 Å². The number of carbonyl (C=O) groups excluding carboxylic acids is 1. The summed E-state index contributed by atoms with van der Waals surface area (Å²) < 4.78 is 7.46. The predicted octanol–water partition coefficient (Wildman–Crippen LogP) is 5.40. The quantitative estimate of drug-likeness (QED) is 0.404. The molecule has 0 bridgehead atoms. The van der Waals surface area contributed by atoms with Crippen LogP contribution in [0.15, 0.2) is 0 Å². The molecule has 0 radical (unpaired) electrons. The van der Waals surface area contributed by atoms with Gasteiger partial charge >= 0.3 is 5.97 Å². The molecule has 10 atom stereocenters. The minimum absolute atomic E-state index is 0.0684. The fourth-order valence-electron chi connectivity index (χ4n) is 11.4. The monoisotopic (exact) mass is 515 g/mol. The number of likely N-dealkylation sites (tertiary alicyclic amines) is 2. The van der Waals surface area contributed by atoms with E-state index in [2.05, 4.69) is 25.8 Å². The van der Waals surface area contributed by atoms with E-state index in [4.69, 9.17) is 4.74 Å². The highest BCUT2D eigenvalue weighted by atomic mass is 16.5. The molecule has 5 nitrogen and oxygen atoms in total. The number of carbonyl (C=O) groups is 1. The van der Waals surface area contributed by atoms with Crippen molar-refractivity contribution in [3.63, 3.8) is 0 Å². The molecule has 4 saturated carbocycles. The lowest BCUT2D eigenvalue weighted by Crippen LogP contribution is -2.61. The number of quaternary nitrogens is 1. The summed E-state index contributed by atoms with van der Waals surface area (Å²) in [4.78, 5) is 15.1. The molecule has 5 heteroatoms. The molecule has 37 heavy (non-hydrogen) atoms. The SMILES string of the molecule is CC(=O)OC1C([N+]2(C)CCCCC2)CC2C3CCC4CC(O)C(N5CCCCC5)CC4(C)C3CCC21C. The number of likely N-dealkylation sites (N-methyl/N-ethyl adjacent to an activating group) is 1. The fourth-order valence-corrected chi connectivity index (χ4v) is 11.4. The van der Waals surface area contributed by atoms with Gasteiger partial charge in [0, 0.05) is 24.8 Å². The Bertz CT molecular complexity index is 851. The van der Waals surface area contributed by atoms with Crippen LogP contribution < -0.4 is 0 Å². The lowest BCUT2D eigenvalue weighted by molar-refractivity contribution is -0.940. The molecule has 210 valence electrons. The molecule has 6 rings (SSSR count). The van der Waals surface area contributed by atoms with Gasteiger partial charge in [0.25, 0.3) is 0 Å². The van der Waals surface area contributed by atoms with Crippen LogP contribution in [0.1, 0.15) is 104 Å². The van der Waals surface area contributed by atoms with E-state index in [1.807, 2.05) is 0 Å². The van der Waals surface area contributed by atoms with Crippen molar-refractivity contribution in [3.8, 4) is 0 Å². The highest BCUT2D eigenvalue weighted by Crippen LogP contribution is 2.67. The first-order chi connectivity index (χ1) is 17.7. The second-order valence-corrected chi connectivity index (χ2v) is 15.2. The number of ether oxygens (including phenoxy) is 1. The van der Waals surface area contributed by atoms with Crippen molar-refractivity contribution in [2.45, 2.75) is 129 Å². The first kappa shape index (κ1) is 26.6. The van der Waals surface area contributed by atoms with E-state index in [1.165, 1.54) is 103 Å². The third-order valence-electron chi connectivity index (χ3n) is 13.4. The number of piperidine rings is 2. The topological polar surface area (TPSA) is 49.8 Å². The van der Waals surface area contributed by atoms with Gasteiger partial charge in [-0.1, -0.05) is 20.3 Å². The minimum Gasteiger partial charge on any atom is -0.456 e. The van der Waals surface area contributed by atoms with Gasteiger partial charge in [-0.15, -0.1) is 0 Å². The molecule has 10 unspecified atom stereocenters. The second-order valence-electron chi connectivity index (χ2n) is 15.2. The summed E-state index contributed by atoms with van der Waals surface area (Å²) in [6.07, 6.45) is 16.4. The van der Waals surface area contributed by atoms with E-state index in [9.17, 15) is 9.90 Å². The van der Waals surface area contributed by atoms with Gasteiger partial charge in [-0.3, -0.25) is 9.69 Å². The molecule has 2 heterocycles. The molecule has 0 amide bonds. The van der Waals surface area contributed by atoms with E-state index in [0.717, 1.165) is 22.7 Å². The molecule has 6 aliphatic rings. The zero-order valence-corrected chi connectivity index (χ0v) is 24.3. The molecule has 6 fully saturated rings. The van der Waals surface area contributed by atoms with Gasteiger partial charge in [0.2, 0.25) is 0 Å². The maximum Gasteiger partial charge on any atom is 0.303 e. The van der Waals surface area contributed by atoms with Crippen LogP contribution in [0.5, 0.6) is 0 Å². The van der Waals surface area contributed by atoms with Crippen LogP contribution in [-0.2, 0) is 9.53 Å². The molecular formula is C32H55N2O3+. The molecule has 4 aliphatic carbocycles. The number of aliphatic hydroxyl groups is 1. The Morgan fingerprint density at radius 3 is 2.32 bits per heavy atom. The number of esters is 1. The Labute approximate surface area is 226 Å². The predicted molar refractivity (Wildman–Crippen MR) is 147 cm³/mol. The zero-order valence-electron chi connectivity index (χ0n) is 24.3. The van der Waals surface area contributed by atoms with Crippen molar-refractivity contribution in [2.75, 3.05) is 33.2 Å². The third-order valence-corrected chi connectivity index (χ3v) is 13.4. The Morgan fingerprint density at radius 2 is 1.62 bits per heavy atom. The van der Waals surface area contributed by atoms with Gasteiger partial charge in [-0.2, -0.15) is 0 Å². The summed E-state index contributed by atoms with van der Waals surface area (Å²) in [7, 11) is 2.47. The zero-order chi connectivity index (χ0) is 26.0. The maximum absolute atomic E-state index is 12.4. The van der Waals surface area contributed by atoms with Crippen LogP contribution in [0.3, 0.4) is 0 Å². The number of rotatable bonds is 3. The normalized spacial score (nSPS) is 50.0. The van der Waals surface area contributed by atoms with E-state index in [0.29, 0.717) is 29.3 Å². The van der Waals surface area contributed by atoms with Crippen LogP contribution in [0.25, 0.3) is 0 Å². The highest BCUT2D eigenvalue weighted by Gasteiger charge is 2.67. The average molecular weight is 516 g/mol. The molecule has 0 aromatic heterocycles. The first-order valence-electron chi connectivity index (χ1n) is 16.1. The van der Waals surface area contributed by atoms with Gasteiger partial charge in [0.15, 0.2) is 6.10 Å². The second kappa shape index (κ2) is 9.77. The number of aliphatic hydroxyl groups excluding tert-OH is 1. The summed E-state index contributed by atoms with van der Waals surface area (Å²) in [5, 5.41) is 11.3. The van der Waals surface area contributed by atoms with E-state index in [-0.39, 0.29) is 23.6 Å². The average Bonchev–Trinajstić information content (AvgIpc) is 3.17. The molecule has 1 N–H and O–H groups in total. The largest absolute Gasteiger partial charge is 0.456 e. The van der Waals surface area contributed by atoms with Crippen LogP contribution in [0, 0.1) is 34.5 Å². The molecule has 0 aromatic rings. The maximum atomic E-state index is 12.4. The summed E-state index contributed by atoms with van der Waals surface area (Å²) in [6.45, 7) is 11.6. The molecular weight excluding hydrogens is 460 g/mol. The molecule has 0 aromatic carbocycles. The Balaban J connectivity index is 1.28. The number of hydrogen-bond acceptors (Lipinski definition) is 4. The van der Waals surface area contributed by atoms with Crippen molar-refractivity contribution in [1.82, 2.24) is 4.90 Å². The van der Waals surface area contributed by atoms with Crippen molar-refractivity contribution < 1.29 is 19.1 Å². The first-order valence-corrected chi connectivity index (χ1v) is 16.1. The van der Waals surface area contributed by atoms with Crippen LogP contribution in [-0.4, -0.2) is 78.0 Å². The van der Waals surface area contributed by atoms with Gasteiger partial charge in [-0.25, -0.2) is 0 Å². The van der Waals surface area contributed by atoms with Gasteiger partial charge in [-0.05, 0) is 113 Å². The van der Waals surface area contributed by atoms with E-state index in [1.54, 1.807) is 6.92 Å². The van der Waals surface area contributed by atoms with Gasteiger partial charge in [0.05, 0.1) is 26.2 Å². The smallest absolute Gasteiger partial charge is 0.303 e. The van der Waals surface area contributed by atoms with Crippen LogP contribution in [0.4, 0.5) is 0 Å². The van der Waals surface area contributed by atoms with E-state index < -0.39 is 0 Å². The van der Waals surface area contributed by atoms with Crippen molar-refractivity contribution in [2.24, 2.45) is 34.5 Å². The lowest BCUT2D eigenvalue weighted by Gasteiger charge is -2.62. The minimum atomic E-state index is -0.144. The lowest BCUT2D eigenvalue weighted by atomic mass is 9.44. The third kappa shape index (κ3) is 4.32.